The van der Waals surface area contributed by atoms with Crippen LogP contribution in [0.15, 0.2) is 0 Å². The van der Waals surface area contributed by atoms with Crippen molar-refractivity contribution in [1.29, 1.82) is 0 Å². The molecule has 1 atom stereocenters. The van der Waals surface area contributed by atoms with Crippen molar-refractivity contribution in [2.24, 2.45) is 0 Å². The van der Waals surface area contributed by atoms with E-state index >= 15 is 0 Å². The van der Waals surface area contributed by atoms with E-state index in [0.29, 0.717) is 13.1 Å². The van der Waals surface area contributed by atoms with Gasteiger partial charge in [0.2, 0.25) is 9.64 Å². The summed E-state index contributed by atoms with van der Waals surface area (Å²) in [4.78, 5) is 0. The first-order valence-electron chi connectivity index (χ1n) is 4.01. The van der Waals surface area contributed by atoms with Crippen LogP contribution in [0.4, 0.5) is 0 Å². The molecule has 0 aromatic carbocycles. The minimum atomic E-state index is -2.97. The van der Waals surface area contributed by atoms with Crippen molar-refractivity contribution in [3.05, 3.63) is 0 Å². The molecule has 0 spiro atoms. The second kappa shape index (κ2) is 6.78. The normalized spacial score (nSPS) is 12.8. The zero-order valence-corrected chi connectivity index (χ0v) is 9.37. The van der Waals surface area contributed by atoms with Crippen molar-refractivity contribution in [2.45, 2.75) is 13.3 Å². The third-order valence-electron chi connectivity index (χ3n) is 1.29. The van der Waals surface area contributed by atoms with E-state index in [-0.39, 0.29) is 7.78 Å². The van der Waals surface area contributed by atoms with Crippen molar-refractivity contribution in [3.8, 4) is 0 Å². The van der Waals surface area contributed by atoms with Crippen molar-refractivity contribution in [2.75, 3.05) is 26.3 Å². The van der Waals surface area contributed by atoms with Gasteiger partial charge in [-0.3, -0.25) is 0 Å². The van der Waals surface area contributed by atoms with E-state index < -0.39 is 9.64 Å². The summed E-state index contributed by atoms with van der Waals surface area (Å²) in [7, 11) is -3.04. The summed E-state index contributed by atoms with van der Waals surface area (Å²) in [6.45, 7) is 5.86. The summed E-state index contributed by atoms with van der Waals surface area (Å²) in [5.41, 5.74) is 0. The van der Waals surface area contributed by atoms with E-state index in [4.69, 9.17) is 0 Å². The summed E-state index contributed by atoms with van der Waals surface area (Å²) in [6, 6.07) is 0. The second-order valence-electron chi connectivity index (χ2n) is 2.35. The van der Waals surface area contributed by atoms with Gasteiger partial charge >= 0.3 is 0 Å². The van der Waals surface area contributed by atoms with E-state index in [2.05, 4.69) is 17.0 Å². The van der Waals surface area contributed by atoms with Crippen LogP contribution in [0, 0.1) is 0 Å². The molecule has 0 aromatic heterocycles. The first-order valence-corrected chi connectivity index (χ1v) is 7.72. The van der Waals surface area contributed by atoms with E-state index in [1.807, 2.05) is 0 Å². The van der Waals surface area contributed by atoms with Crippen LogP contribution in [0.3, 0.4) is 0 Å². The summed E-state index contributed by atoms with van der Waals surface area (Å²) < 4.78 is 24.3. The summed E-state index contributed by atoms with van der Waals surface area (Å²) in [5, 5.41) is 3.11. The van der Waals surface area contributed by atoms with Crippen LogP contribution < -0.4 is 10.0 Å². The van der Waals surface area contributed by atoms with Gasteiger partial charge in [0.1, 0.15) is 0 Å². The van der Waals surface area contributed by atoms with E-state index in [1.54, 1.807) is 6.66 Å². The van der Waals surface area contributed by atoms with Crippen LogP contribution in [0.25, 0.3) is 0 Å². The minimum absolute atomic E-state index is 0.0700. The van der Waals surface area contributed by atoms with Gasteiger partial charge in [0.25, 0.3) is 0 Å². The van der Waals surface area contributed by atoms with Crippen LogP contribution in [0.1, 0.15) is 13.3 Å². The number of hydrogen-bond donors (Lipinski definition) is 2. The summed E-state index contributed by atoms with van der Waals surface area (Å²) in [6.07, 6.45) is 1.07. The molecule has 0 aromatic rings. The lowest BCUT2D eigenvalue weighted by molar-refractivity contribution is 0.589. The Bertz CT molecular complexity index is 194. The molecule has 2 N–H and O–H groups in total. The van der Waals surface area contributed by atoms with Crippen LogP contribution in [0.2, 0.25) is 0 Å². The zero-order valence-electron chi connectivity index (χ0n) is 7.55. The molecule has 12 heavy (non-hydrogen) atoms. The van der Waals surface area contributed by atoms with Gasteiger partial charge in [0.15, 0.2) is 0 Å². The van der Waals surface area contributed by atoms with Crippen molar-refractivity contribution in [1.82, 2.24) is 10.0 Å². The van der Waals surface area contributed by atoms with E-state index in [9.17, 15) is 8.42 Å². The SMILES string of the molecule is CCCNCCNS(=O)(=O)PC. The second-order valence-corrected chi connectivity index (χ2v) is 6.89. The molecular formula is C6H17N2O2PS. The molecule has 0 fully saturated rings. The van der Waals surface area contributed by atoms with Crippen molar-refractivity contribution in [3.63, 3.8) is 0 Å². The fraction of sp³-hybridized carbons (Fsp3) is 1.00. The minimum Gasteiger partial charge on any atom is -0.315 e. The maximum atomic E-state index is 10.9. The molecule has 0 saturated carbocycles. The van der Waals surface area contributed by atoms with Gasteiger partial charge in [0.05, 0.1) is 0 Å². The summed E-state index contributed by atoms with van der Waals surface area (Å²) >= 11 is 0. The molecule has 0 aliphatic rings. The zero-order chi connectivity index (χ0) is 9.45. The molecule has 0 radical (unpaired) electrons. The lowest BCUT2D eigenvalue weighted by Crippen LogP contribution is -2.29. The standard InChI is InChI=1S/C6H17N2O2PS/c1-3-4-7-5-6-8-12(9,10)11-2/h7-8,11H,3-6H2,1-2H3. The Morgan fingerprint density at radius 2 is 1.92 bits per heavy atom. The highest BCUT2D eigenvalue weighted by Crippen LogP contribution is 2.10. The van der Waals surface area contributed by atoms with Crippen LogP contribution in [-0.2, 0) is 9.64 Å². The van der Waals surface area contributed by atoms with Gasteiger partial charge < -0.3 is 5.32 Å². The predicted molar refractivity (Wildman–Crippen MR) is 54.3 cm³/mol. The third-order valence-corrected chi connectivity index (χ3v) is 4.46. The van der Waals surface area contributed by atoms with Gasteiger partial charge in [-0.2, -0.15) is 0 Å². The maximum absolute atomic E-state index is 10.9. The highest BCUT2D eigenvalue weighted by Gasteiger charge is 2.03. The highest BCUT2D eigenvalue weighted by atomic mass is 32.8. The highest BCUT2D eigenvalue weighted by molar-refractivity contribution is 8.42. The number of hydrogen-bond acceptors (Lipinski definition) is 3. The molecule has 0 saturated heterocycles. The predicted octanol–water partition coefficient (Wildman–Crippen LogP) is 0.129. The Labute approximate surface area is 76.1 Å². The Balaban J connectivity index is 3.32. The van der Waals surface area contributed by atoms with Crippen LogP contribution in [0.5, 0.6) is 0 Å². The number of nitrogens with one attached hydrogen (secondary N) is 2. The molecule has 0 aliphatic heterocycles. The molecule has 0 bridgehead atoms. The lowest BCUT2D eigenvalue weighted by atomic mass is 10.5. The van der Waals surface area contributed by atoms with Gasteiger partial charge in [-0.05, 0) is 19.6 Å². The summed E-state index contributed by atoms with van der Waals surface area (Å²) in [5.74, 6) is 0. The molecule has 74 valence electrons. The Morgan fingerprint density at radius 1 is 1.25 bits per heavy atom. The monoisotopic (exact) mass is 212 g/mol. The molecular weight excluding hydrogens is 195 g/mol. The molecule has 1 unspecified atom stereocenters. The molecule has 0 heterocycles. The first kappa shape index (κ1) is 12.3. The van der Waals surface area contributed by atoms with Gasteiger partial charge in [-0.25, -0.2) is 13.1 Å². The average molecular weight is 212 g/mol. The molecule has 0 aliphatic carbocycles. The van der Waals surface area contributed by atoms with Crippen LogP contribution in [-0.4, -0.2) is 34.7 Å². The fourth-order valence-corrected chi connectivity index (χ4v) is 1.90. The fourth-order valence-electron chi connectivity index (χ4n) is 0.648. The van der Waals surface area contributed by atoms with Gasteiger partial charge in [-0.15, -0.1) is 0 Å². The van der Waals surface area contributed by atoms with Crippen molar-refractivity contribution < 1.29 is 8.42 Å². The maximum Gasteiger partial charge on any atom is 0.224 e. The molecule has 0 rings (SSSR count). The van der Waals surface area contributed by atoms with Crippen molar-refractivity contribution >= 4 is 17.4 Å². The Hall–Kier alpha value is 0.300. The van der Waals surface area contributed by atoms with E-state index in [0.717, 1.165) is 13.0 Å². The van der Waals surface area contributed by atoms with E-state index in [1.165, 1.54) is 0 Å². The number of rotatable bonds is 7. The Morgan fingerprint density at radius 3 is 2.42 bits per heavy atom. The first-order chi connectivity index (χ1) is 5.62. The van der Waals surface area contributed by atoms with Gasteiger partial charge in [-0.1, -0.05) is 6.92 Å². The largest absolute Gasteiger partial charge is 0.315 e. The third kappa shape index (κ3) is 6.98. The average Bonchev–Trinajstić information content (AvgIpc) is 2.04. The molecule has 4 nitrogen and oxygen atoms in total. The van der Waals surface area contributed by atoms with Gasteiger partial charge in [0, 0.05) is 20.9 Å². The molecule has 0 amide bonds. The Kier molecular flexibility index (Phi) is 6.95. The lowest BCUT2D eigenvalue weighted by Gasteiger charge is -2.04. The quantitative estimate of drug-likeness (QED) is 0.466. The van der Waals surface area contributed by atoms with Crippen LogP contribution >= 0.6 is 7.78 Å². The molecule has 6 heteroatoms. The topological polar surface area (TPSA) is 58.2 Å². The smallest absolute Gasteiger partial charge is 0.224 e.